The van der Waals surface area contributed by atoms with E-state index in [0.29, 0.717) is 5.04 Å². The molecule has 1 nitrogen and oxygen atoms in total. The number of hydrogen-bond donors (Lipinski definition) is 0. The first kappa shape index (κ1) is 12.2. The second kappa shape index (κ2) is 4.36. The van der Waals surface area contributed by atoms with Crippen LogP contribution in [-0.2, 0) is 4.43 Å². The van der Waals surface area contributed by atoms with E-state index >= 15 is 0 Å². The van der Waals surface area contributed by atoms with Gasteiger partial charge in [-0.05, 0) is 30.7 Å². The molecule has 2 unspecified atom stereocenters. The highest BCUT2D eigenvalue weighted by molar-refractivity contribution is 6.31. The SMILES string of the molecule is CC1CCCCC1(C)O[SiH2]C(C)(C)C. The number of rotatable bonds is 2. The summed E-state index contributed by atoms with van der Waals surface area (Å²) in [5.74, 6) is 0.756. The Labute approximate surface area is 91.6 Å². The van der Waals surface area contributed by atoms with Gasteiger partial charge in [0.25, 0.3) is 0 Å². The standard InChI is InChI=1S/C12H26OSi/c1-10-8-6-7-9-12(10,5)13-14-11(2,3)4/h10H,6-9,14H2,1-5H3. The van der Waals surface area contributed by atoms with E-state index in [2.05, 4.69) is 34.6 Å². The highest BCUT2D eigenvalue weighted by Gasteiger charge is 2.35. The summed E-state index contributed by atoms with van der Waals surface area (Å²) in [5, 5.41) is 0.431. The van der Waals surface area contributed by atoms with Crippen molar-refractivity contribution >= 4 is 9.76 Å². The van der Waals surface area contributed by atoms with Crippen LogP contribution < -0.4 is 0 Å². The van der Waals surface area contributed by atoms with E-state index in [1.165, 1.54) is 25.7 Å². The summed E-state index contributed by atoms with van der Waals surface area (Å²) in [7, 11) is -0.384. The van der Waals surface area contributed by atoms with Crippen molar-refractivity contribution in [2.24, 2.45) is 5.92 Å². The molecule has 84 valence electrons. The Balaban J connectivity index is 2.47. The van der Waals surface area contributed by atoms with Crippen molar-refractivity contribution in [3.63, 3.8) is 0 Å². The van der Waals surface area contributed by atoms with E-state index in [9.17, 15) is 0 Å². The predicted octanol–water partition coefficient (Wildman–Crippen LogP) is 3.27. The number of hydrogen-bond acceptors (Lipinski definition) is 1. The molecule has 1 rings (SSSR count). The second-order valence-corrected chi connectivity index (χ2v) is 9.01. The maximum Gasteiger partial charge on any atom is 0.167 e. The van der Waals surface area contributed by atoms with Gasteiger partial charge in [-0.3, -0.25) is 0 Å². The minimum Gasteiger partial charge on any atom is -0.418 e. The van der Waals surface area contributed by atoms with Crippen molar-refractivity contribution in [1.82, 2.24) is 0 Å². The first-order chi connectivity index (χ1) is 6.33. The molecule has 0 radical (unpaired) electrons. The molecule has 0 aromatic carbocycles. The molecule has 2 atom stereocenters. The van der Waals surface area contributed by atoms with Crippen LogP contribution in [0.5, 0.6) is 0 Å². The Morgan fingerprint density at radius 1 is 1.29 bits per heavy atom. The predicted molar refractivity (Wildman–Crippen MR) is 65.4 cm³/mol. The molecule has 14 heavy (non-hydrogen) atoms. The largest absolute Gasteiger partial charge is 0.418 e. The van der Waals surface area contributed by atoms with Crippen LogP contribution in [-0.4, -0.2) is 15.4 Å². The second-order valence-electron chi connectivity index (χ2n) is 6.31. The molecule has 0 bridgehead atoms. The van der Waals surface area contributed by atoms with Gasteiger partial charge in [-0.2, -0.15) is 0 Å². The lowest BCUT2D eigenvalue weighted by molar-refractivity contribution is -0.0000764. The lowest BCUT2D eigenvalue weighted by atomic mass is 9.78. The Morgan fingerprint density at radius 3 is 2.43 bits per heavy atom. The molecule has 1 aliphatic carbocycles. The average molecular weight is 214 g/mol. The zero-order valence-corrected chi connectivity index (χ0v) is 11.9. The fourth-order valence-corrected chi connectivity index (χ4v) is 3.27. The van der Waals surface area contributed by atoms with Crippen molar-refractivity contribution in [2.75, 3.05) is 0 Å². The van der Waals surface area contributed by atoms with Crippen molar-refractivity contribution < 1.29 is 4.43 Å². The fraction of sp³-hybridized carbons (Fsp3) is 1.00. The van der Waals surface area contributed by atoms with Gasteiger partial charge in [0.05, 0.1) is 5.60 Å². The van der Waals surface area contributed by atoms with Crippen molar-refractivity contribution in [3.8, 4) is 0 Å². The van der Waals surface area contributed by atoms with Gasteiger partial charge in [-0.25, -0.2) is 0 Å². The minimum absolute atomic E-state index is 0.206. The van der Waals surface area contributed by atoms with E-state index in [0.717, 1.165) is 5.92 Å². The van der Waals surface area contributed by atoms with Crippen LogP contribution in [0.3, 0.4) is 0 Å². The highest BCUT2D eigenvalue weighted by Crippen LogP contribution is 2.37. The molecule has 0 spiro atoms. The third-order valence-corrected chi connectivity index (χ3v) is 5.11. The quantitative estimate of drug-likeness (QED) is 0.641. The molecule has 0 N–H and O–H groups in total. The van der Waals surface area contributed by atoms with E-state index < -0.39 is 0 Å². The summed E-state index contributed by atoms with van der Waals surface area (Å²) >= 11 is 0. The maximum atomic E-state index is 6.29. The van der Waals surface area contributed by atoms with Gasteiger partial charge < -0.3 is 4.43 Å². The monoisotopic (exact) mass is 214 g/mol. The van der Waals surface area contributed by atoms with Gasteiger partial charge in [0.2, 0.25) is 0 Å². The smallest absolute Gasteiger partial charge is 0.167 e. The van der Waals surface area contributed by atoms with Gasteiger partial charge in [0.15, 0.2) is 9.76 Å². The molecule has 0 aliphatic heterocycles. The molecular formula is C12H26OSi. The third kappa shape index (κ3) is 3.39. The summed E-state index contributed by atoms with van der Waals surface area (Å²) in [6.45, 7) is 11.6. The Morgan fingerprint density at radius 2 is 1.93 bits per heavy atom. The fourth-order valence-electron chi connectivity index (χ4n) is 2.07. The highest BCUT2D eigenvalue weighted by atomic mass is 28.2. The molecule has 0 heterocycles. The molecule has 0 aromatic heterocycles. The Kier molecular flexibility index (Phi) is 3.81. The van der Waals surface area contributed by atoms with Crippen LogP contribution in [0, 0.1) is 5.92 Å². The van der Waals surface area contributed by atoms with Gasteiger partial charge >= 0.3 is 0 Å². The normalized spacial score (nSPS) is 35.4. The molecule has 2 heteroatoms. The van der Waals surface area contributed by atoms with Crippen molar-refractivity contribution in [1.29, 1.82) is 0 Å². The van der Waals surface area contributed by atoms with E-state index in [4.69, 9.17) is 4.43 Å². The zero-order chi connectivity index (χ0) is 10.8. The van der Waals surface area contributed by atoms with Crippen LogP contribution in [0.2, 0.25) is 5.04 Å². The third-order valence-electron chi connectivity index (χ3n) is 3.44. The molecule has 1 aliphatic rings. The van der Waals surface area contributed by atoms with Crippen LogP contribution in [0.4, 0.5) is 0 Å². The topological polar surface area (TPSA) is 9.23 Å². The van der Waals surface area contributed by atoms with E-state index in [1.54, 1.807) is 0 Å². The molecule has 0 amide bonds. The molecule has 0 aromatic rings. The summed E-state index contributed by atoms with van der Waals surface area (Å²) in [6, 6.07) is 0. The molecular weight excluding hydrogens is 188 g/mol. The molecule has 0 saturated heterocycles. The summed E-state index contributed by atoms with van der Waals surface area (Å²) < 4.78 is 6.29. The van der Waals surface area contributed by atoms with Crippen molar-refractivity contribution in [2.45, 2.75) is 70.9 Å². The van der Waals surface area contributed by atoms with E-state index in [-0.39, 0.29) is 15.4 Å². The maximum absolute atomic E-state index is 6.29. The average Bonchev–Trinajstić information content (AvgIpc) is 2.06. The zero-order valence-electron chi connectivity index (χ0n) is 10.5. The Hall–Kier alpha value is 0.177. The lowest BCUT2D eigenvalue weighted by Crippen LogP contribution is -2.41. The summed E-state index contributed by atoms with van der Waals surface area (Å²) in [5.41, 5.74) is 0.206. The minimum atomic E-state index is -0.384. The first-order valence-corrected chi connectivity index (χ1v) is 7.26. The summed E-state index contributed by atoms with van der Waals surface area (Å²) in [4.78, 5) is 0. The first-order valence-electron chi connectivity index (χ1n) is 5.97. The molecule has 1 fully saturated rings. The molecule has 1 saturated carbocycles. The van der Waals surface area contributed by atoms with E-state index in [1.807, 2.05) is 0 Å². The van der Waals surface area contributed by atoms with Crippen LogP contribution in [0.15, 0.2) is 0 Å². The van der Waals surface area contributed by atoms with Gasteiger partial charge in [0, 0.05) is 0 Å². The lowest BCUT2D eigenvalue weighted by Gasteiger charge is -2.41. The van der Waals surface area contributed by atoms with Gasteiger partial charge in [-0.1, -0.05) is 40.5 Å². The van der Waals surface area contributed by atoms with Gasteiger partial charge in [0.1, 0.15) is 0 Å². The van der Waals surface area contributed by atoms with Crippen LogP contribution >= 0.6 is 0 Å². The van der Waals surface area contributed by atoms with Crippen LogP contribution in [0.25, 0.3) is 0 Å². The summed E-state index contributed by atoms with van der Waals surface area (Å²) in [6.07, 6.45) is 5.39. The van der Waals surface area contributed by atoms with Crippen LogP contribution in [0.1, 0.15) is 60.3 Å². The van der Waals surface area contributed by atoms with Crippen molar-refractivity contribution in [3.05, 3.63) is 0 Å². The van der Waals surface area contributed by atoms with Gasteiger partial charge in [-0.15, -0.1) is 0 Å². The Bertz CT molecular complexity index is 185.